The van der Waals surface area contributed by atoms with Crippen molar-refractivity contribution in [2.75, 3.05) is 11.4 Å². The van der Waals surface area contributed by atoms with Crippen LogP contribution in [-0.2, 0) is 17.9 Å². The molecule has 0 fully saturated rings. The van der Waals surface area contributed by atoms with Crippen molar-refractivity contribution in [3.05, 3.63) is 78.0 Å². The van der Waals surface area contributed by atoms with E-state index < -0.39 is 0 Å². The Morgan fingerprint density at radius 3 is 2.53 bits per heavy atom. The number of nitrogens with zero attached hydrogens (tertiary/aromatic N) is 5. The summed E-state index contributed by atoms with van der Waals surface area (Å²) in [5.41, 5.74) is 5.28. The van der Waals surface area contributed by atoms with Crippen LogP contribution in [0.3, 0.4) is 0 Å². The molecular formula is C26H29N7O. The van der Waals surface area contributed by atoms with Crippen LogP contribution in [0.1, 0.15) is 37.8 Å². The summed E-state index contributed by atoms with van der Waals surface area (Å²) in [7, 11) is 0. The lowest BCUT2D eigenvalue weighted by atomic mass is 9.98. The Morgan fingerprint density at radius 2 is 1.82 bits per heavy atom. The first-order chi connectivity index (χ1) is 16.7. The van der Waals surface area contributed by atoms with Gasteiger partial charge in [-0.05, 0) is 34.4 Å². The van der Waals surface area contributed by atoms with E-state index >= 15 is 0 Å². The molecule has 0 saturated heterocycles. The number of nitrogens with one attached hydrogen (secondary N) is 2. The number of H-pyrrole nitrogens is 1. The first-order valence-corrected chi connectivity index (χ1v) is 11.5. The minimum Gasteiger partial charge on any atom is -0.352 e. The molecular weight excluding hydrogens is 426 g/mol. The number of benzene rings is 2. The Morgan fingerprint density at radius 1 is 1.03 bits per heavy atom. The molecule has 0 spiro atoms. The number of tetrazole rings is 1. The molecule has 2 aromatic heterocycles. The summed E-state index contributed by atoms with van der Waals surface area (Å²) < 4.78 is 0. The largest absolute Gasteiger partial charge is 0.352 e. The minimum atomic E-state index is -0.0494. The van der Waals surface area contributed by atoms with Crippen LogP contribution < -0.4 is 10.2 Å². The highest BCUT2D eigenvalue weighted by molar-refractivity contribution is 5.80. The third-order valence-electron chi connectivity index (χ3n) is 5.63. The van der Waals surface area contributed by atoms with Crippen LogP contribution >= 0.6 is 0 Å². The zero-order chi connectivity index (χ0) is 23.8. The first kappa shape index (κ1) is 23.1. The van der Waals surface area contributed by atoms with Crippen LogP contribution in [0, 0.1) is 0 Å². The molecule has 0 unspecified atom stereocenters. The summed E-state index contributed by atoms with van der Waals surface area (Å²) in [4.78, 5) is 18.4. The monoisotopic (exact) mass is 455 g/mol. The smallest absolute Gasteiger partial charge is 0.217 e. The Balaban J connectivity index is 1.58. The van der Waals surface area contributed by atoms with Gasteiger partial charge in [-0.2, -0.15) is 5.21 Å². The Bertz CT molecular complexity index is 1210. The Labute approximate surface area is 199 Å². The predicted octanol–water partition coefficient (Wildman–Crippen LogP) is 4.37. The fourth-order valence-corrected chi connectivity index (χ4v) is 3.90. The summed E-state index contributed by atoms with van der Waals surface area (Å²) in [6.07, 6.45) is 3.96. The van der Waals surface area contributed by atoms with Gasteiger partial charge in [0, 0.05) is 43.9 Å². The van der Waals surface area contributed by atoms with Crippen molar-refractivity contribution in [2.45, 2.75) is 39.8 Å². The summed E-state index contributed by atoms with van der Waals surface area (Å²) >= 11 is 0. The van der Waals surface area contributed by atoms with Crippen molar-refractivity contribution >= 4 is 11.7 Å². The topological polar surface area (TPSA) is 99.7 Å². The van der Waals surface area contributed by atoms with E-state index in [2.05, 4.69) is 73.1 Å². The molecule has 0 atom stereocenters. The average Bonchev–Trinajstić information content (AvgIpc) is 3.41. The molecule has 0 aliphatic heterocycles. The van der Waals surface area contributed by atoms with Gasteiger partial charge in [0.05, 0.1) is 0 Å². The molecule has 174 valence electrons. The van der Waals surface area contributed by atoms with Gasteiger partial charge >= 0.3 is 0 Å². The second-order valence-corrected chi connectivity index (χ2v) is 8.15. The van der Waals surface area contributed by atoms with Crippen molar-refractivity contribution in [3.8, 4) is 22.5 Å². The second-order valence-electron chi connectivity index (χ2n) is 8.15. The van der Waals surface area contributed by atoms with Crippen LogP contribution in [0.25, 0.3) is 22.5 Å². The number of anilines is 1. The lowest BCUT2D eigenvalue weighted by Crippen LogP contribution is -2.28. The summed E-state index contributed by atoms with van der Waals surface area (Å²) in [6, 6.07) is 20.5. The van der Waals surface area contributed by atoms with Crippen LogP contribution in [0.2, 0.25) is 0 Å². The number of amides is 1. The molecule has 0 aliphatic rings. The van der Waals surface area contributed by atoms with E-state index in [9.17, 15) is 4.79 Å². The molecule has 0 aliphatic carbocycles. The fourth-order valence-electron chi connectivity index (χ4n) is 3.90. The van der Waals surface area contributed by atoms with E-state index in [0.717, 1.165) is 54.0 Å². The van der Waals surface area contributed by atoms with E-state index in [-0.39, 0.29) is 5.91 Å². The molecule has 0 saturated carbocycles. The van der Waals surface area contributed by atoms with Crippen molar-refractivity contribution < 1.29 is 4.79 Å². The maximum atomic E-state index is 11.5. The van der Waals surface area contributed by atoms with Crippen molar-refractivity contribution in [3.63, 3.8) is 0 Å². The van der Waals surface area contributed by atoms with Gasteiger partial charge in [-0.1, -0.05) is 67.9 Å². The molecule has 0 radical (unpaired) electrons. The molecule has 8 nitrogen and oxygen atoms in total. The van der Waals surface area contributed by atoms with Crippen molar-refractivity contribution in [2.24, 2.45) is 0 Å². The number of hydrogen-bond acceptors (Lipinski definition) is 6. The van der Waals surface area contributed by atoms with Gasteiger partial charge in [-0.3, -0.25) is 4.79 Å². The van der Waals surface area contributed by atoms with Gasteiger partial charge in [0.2, 0.25) is 11.7 Å². The second kappa shape index (κ2) is 11.2. The van der Waals surface area contributed by atoms with Gasteiger partial charge in [0.25, 0.3) is 0 Å². The SMILES string of the molecule is CCCCN(Cc1ccc(-c2ccccc2-c2nn[nH]n2)cc1)c1ncccc1CNC(C)=O. The van der Waals surface area contributed by atoms with Gasteiger partial charge in [0.15, 0.2) is 0 Å². The number of unbranched alkanes of at least 4 members (excludes halogenated alkanes) is 1. The summed E-state index contributed by atoms with van der Waals surface area (Å²) in [5.74, 6) is 1.44. The maximum Gasteiger partial charge on any atom is 0.217 e. The number of carbonyl (C=O) groups excluding carboxylic acids is 1. The molecule has 2 heterocycles. The zero-order valence-corrected chi connectivity index (χ0v) is 19.5. The standard InChI is InChI=1S/C26H29N7O/c1-3-4-16-33(26-22(8-7-15-27-26)17-28-19(2)34)18-20-11-13-21(14-12-20)23-9-5-6-10-24(23)25-29-31-32-30-25/h5-15H,3-4,16-18H2,1-2H3,(H,28,34)(H,29,30,31,32). The number of carbonyl (C=O) groups is 1. The highest BCUT2D eigenvalue weighted by Crippen LogP contribution is 2.30. The lowest BCUT2D eigenvalue weighted by molar-refractivity contribution is -0.119. The zero-order valence-electron chi connectivity index (χ0n) is 19.5. The fraction of sp³-hybridized carbons (Fsp3) is 0.269. The lowest BCUT2D eigenvalue weighted by Gasteiger charge is -2.26. The molecule has 2 N–H and O–H groups in total. The van der Waals surface area contributed by atoms with Crippen LogP contribution in [0.4, 0.5) is 5.82 Å². The van der Waals surface area contributed by atoms with Gasteiger partial charge in [-0.15, -0.1) is 10.2 Å². The van der Waals surface area contributed by atoms with Crippen LogP contribution in [-0.4, -0.2) is 38.1 Å². The molecule has 4 aromatic rings. The number of rotatable bonds is 10. The van der Waals surface area contributed by atoms with Crippen LogP contribution in [0.15, 0.2) is 66.9 Å². The molecule has 1 amide bonds. The number of aromatic amines is 1. The number of aromatic nitrogens is 5. The molecule has 0 bridgehead atoms. The summed E-state index contributed by atoms with van der Waals surface area (Å²) in [5, 5.41) is 17.4. The molecule has 2 aromatic carbocycles. The Kier molecular flexibility index (Phi) is 7.60. The molecule has 4 rings (SSSR count). The molecule has 34 heavy (non-hydrogen) atoms. The normalized spacial score (nSPS) is 10.8. The number of hydrogen-bond donors (Lipinski definition) is 2. The third-order valence-corrected chi connectivity index (χ3v) is 5.63. The maximum absolute atomic E-state index is 11.5. The predicted molar refractivity (Wildman–Crippen MR) is 133 cm³/mol. The average molecular weight is 456 g/mol. The van der Waals surface area contributed by atoms with Crippen molar-refractivity contribution in [1.29, 1.82) is 0 Å². The van der Waals surface area contributed by atoms with E-state index in [1.807, 2.05) is 36.5 Å². The molecule has 8 heteroatoms. The highest BCUT2D eigenvalue weighted by Gasteiger charge is 2.15. The minimum absolute atomic E-state index is 0.0494. The Hall–Kier alpha value is -4.07. The van der Waals surface area contributed by atoms with Crippen LogP contribution in [0.5, 0.6) is 0 Å². The third kappa shape index (κ3) is 5.64. The van der Waals surface area contributed by atoms with Gasteiger partial charge < -0.3 is 10.2 Å². The quantitative estimate of drug-likeness (QED) is 0.368. The summed E-state index contributed by atoms with van der Waals surface area (Å²) in [6.45, 7) is 5.81. The first-order valence-electron chi connectivity index (χ1n) is 11.5. The van der Waals surface area contributed by atoms with E-state index in [1.165, 1.54) is 12.5 Å². The number of pyridine rings is 1. The van der Waals surface area contributed by atoms with Gasteiger partial charge in [0.1, 0.15) is 5.82 Å². The van der Waals surface area contributed by atoms with Gasteiger partial charge in [-0.25, -0.2) is 4.98 Å². The van der Waals surface area contributed by atoms with Crippen molar-refractivity contribution in [1.82, 2.24) is 30.9 Å². The van der Waals surface area contributed by atoms with E-state index in [4.69, 9.17) is 0 Å². The van der Waals surface area contributed by atoms with E-state index in [1.54, 1.807) is 0 Å². The van der Waals surface area contributed by atoms with E-state index in [0.29, 0.717) is 12.4 Å². The highest BCUT2D eigenvalue weighted by atomic mass is 16.1.